The number of carbonyl (C=O) groups is 1. The molecule has 1 aromatic carbocycles. The van der Waals surface area contributed by atoms with Crippen molar-refractivity contribution in [2.75, 3.05) is 25.5 Å². The molecular weight excluding hydrogens is 356 g/mol. The molecule has 6 nitrogen and oxygen atoms in total. The number of benzene rings is 1. The topological polar surface area (TPSA) is 76.1 Å². The highest BCUT2D eigenvalue weighted by Gasteiger charge is 2.16. The average Bonchev–Trinajstić information content (AvgIpc) is 3.07. The quantitative estimate of drug-likeness (QED) is 0.489. The van der Waals surface area contributed by atoms with Gasteiger partial charge in [0, 0.05) is 13.1 Å². The molecule has 0 saturated heterocycles. The molecule has 2 rings (SSSR count). The highest BCUT2D eigenvalue weighted by atomic mass is 32.2. The van der Waals surface area contributed by atoms with Crippen molar-refractivity contribution in [2.24, 2.45) is 0 Å². The van der Waals surface area contributed by atoms with Gasteiger partial charge < -0.3 is 15.4 Å². The number of nitrogens with one attached hydrogen (secondary N) is 2. The Kier molecular flexibility index (Phi) is 7.75. The monoisotopic (exact) mass is 378 g/mol. The van der Waals surface area contributed by atoms with Gasteiger partial charge in [0.05, 0.1) is 12.4 Å². The second-order valence-corrected chi connectivity index (χ2v) is 7.76. The van der Waals surface area contributed by atoms with E-state index in [0.29, 0.717) is 13.1 Å². The van der Waals surface area contributed by atoms with Gasteiger partial charge >= 0.3 is 0 Å². The summed E-state index contributed by atoms with van der Waals surface area (Å²) in [7, 11) is 1.64. The Morgan fingerprint density at radius 3 is 2.84 bits per heavy atom. The summed E-state index contributed by atoms with van der Waals surface area (Å²) >= 11 is 2.84. The van der Waals surface area contributed by atoms with Gasteiger partial charge in [0.2, 0.25) is 11.0 Å². The van der Waals surface area contributed by atoms with Crippen LogP contribution in [0.2, 0.25) is 0 Å². The fourth-order valence-electron chi connectivity index (χ4n) is 1.96. The summed E-state index contributed by atoms with van der Waals surface area (Å²) in [4.78, 5) is 12.2. The maximum absolute atomic E-state index is 12.2. The molecule has 1 heterocycles. The standard InChI is InChI=1S/C17H22N4O2S2/c1-4-10-19-16-20-21-17(25-16)24-12(2)15(22)18-11-9-13-5-7-14(23-3)8-6-13/h4-8,12H,1,9-11H2,2-3H3,(H,18,22)(H,19,20). The summed E-state index contributed by atoms with van der Waals surface area (Å²) in [5.74, 6) is 0.825. The third kappa shape index (κ3) is 6.39. The van der Waals surface area contributed by atoms with Gasteiger partial charge in [-0.15, -0.1) is 16.8 Å². The molecule has 0 spiro atoms. The Hall–Kier alpha value is -2.06. The first-order valence-electron chi connectivity index (χ1n) is 7.88. The Labute approximate surface area is 156 Å². The molecule has 0 bridgehead atoms. The largest absolute Gasteiger partial charge is 0.497 e. The molecule has 0 saturated carbocycles. The number of nitrogens with zero attached hydrogens (tertiary/aromatic N) is 2. The lowest BCUT2D eigenvalue weighted by atomic mass is 10.1. The molecule has 2 aromatic rings. The Bertz CT molecular complexity index is 688. The van der Waals surface area contributed by atoms with Crippen molar-refractivity contribution in [2.45, 2.75) is 22.9 Å². The van der Waals surface area contributed by atoms with Crippen LogP contribution in [0.15, 0.2) is 41.3 Å². The zero-order valence-electron chi connectivity index (χ0n) is 14.3. The minimum Gasteiger partial charge on any atom is -0.497 e. The number of carbonyl (C=O) groups excluding carboxylic acids is 1. The van der Waals surface area contributed by atoms with Crippen LogP contribution >= 0.6 is 23.1 Å². The Morgan fingerprint density at radius 1 is 1.40 bits per heavy atom. The summed E-state index contributed by atoms with van der Waals surface area (Å²) in [6.45, 7) is 6.74. The van der Waals surface area contributed by atoms with Gasteiger partial charge in [-0.25, -0.2) is 0 Å². The first-order valence-corrected chi connectivity index (χ1v) is 9.57. The molecule has 0 aliphatic carbocycles. The maximum atomic E-state index is 12.2. The van der Waals surface area contributed by atoms with Crippen molar-refractivity contribution >= 4 is 34.1 Å². The van der Waals surface area contributed by atoms with Crippen molar-refractivity contribution in [1.29, 1.82) is 0 Å². The van der Waals surface area contributed by atoms with E-state index in [4.69, 9.17) is 4.74 Å². The average molecular weight is 379 g/mol. The van der Waals surface area contributed by atoms with E-state index in [9.17, 15) is 4.79 Å². The van der Waals surface area contributed by atoms with Crippen LogP contribution in [0.1, 0.15) is 12.5 Å². The predicted octanol–water partition coefficient (Wildman–Crippen LogP) is 2.98. The number of hydrogen-bond donors (Lipinski definition) is 2. The first-order chi connectivity index (χ1) is 12.1. The molecule has 8 heteroatoms. The molecule has 0 fully saturated rings. The fourth-order valence-corrected chi connectivity index (χ4v) is 3.89. The molecule has 0 radical (unpaired) electrons. The summed E-state index contributed by atoms with van der Waals surface area (Å²) in [5, 5.41) is 14.7. The maximum Gasteiger partial charge on any atom is 0.233 e. The number of thioether (sulfide) groups is 1. The zero-order valence-corrected chi connectivity index (χ0v) is 16.0. The van der Waals surface area contributed by atoms with Gasteiger partial charge in [-0.3, -0.25) is 4.79 Å². The van der Waals surface area contributed by atoms with Gasteiger partial charge in [-0.1, -0.05) is 41.3 Å². The van der Waals surface area contributed by atoms with E-state index >= 15 is 0 Å². The fraction of sp³-hybridized carbons (Fsp3) is 0.353. The lowest BCUT2D eigenvalue weighted by Gasteiger charge is -2.10. The van der Waals surface area contributed by atoms with Gasteiger partial charge in [0.25, 0.3) is 0 Å². The van der Waals surface area contributed by atoms with E-state index in [-0.39, 0.29) is 11.2 Å². The van der Waals surface area contributed by atoms with Gasteiger partial charge in [-0.2, -0.15) is 0 Å². The van der Waals surface area contributed by atoms with E-state index in [2.05, 4.69) is 27.4 Å². The molecule has 25 heavy (non-hydrogen) atoms. The molecule has 134 valence electrons. The van der Waals surface area contributed by atoms with Crippen molar-refractivity contribution in [3.8, 4) is 5.75 Å². The van der Waals surface area contributed by atoms with E-state index in [1.807, 2.05) is 31.2 Å². The molecule has 0 aliphatic heterocycles. The lowest BCUT2D eigenvalue weighted by molar-refractivity contribution is -0.120. The molecule has 1 amide bonds. The Balaban J connectivity index is 1.73. The third-order valence-corrected chi connectivity index (χ3v) is 5.39. The van der Waals surface area contributed by atoms with Crippen molar-refractivity contribution in [3.05, 3.63) is 42.5 Å². The molecular formula is C17H22N4O2S2. The number of aromatic nitrogens is 2. The lowest BCUT2D eigenvalue weighted by Crippen LogP contribution is -2.32. The first kappa shape index (κ1) is 19.3. The van der Waals surface area contributed by atoms with E-state index in [1.165, 1.54) is 23.1 Å². The summed E-state index contributed by atoms with van der Waals surface area (Å²) < 4.78 is 5.90. The van der Waals surface area contributed by atoms with Crippen molar-refractivity contribution < 1.29 is 9.53 Å². The summed E-state index contributed by atoms with van der Waals surface area (Å²) in [6.07, 6.45) is 2.54. The molecule has 1 aromatic heterocycles. The number of anilines is 1. The Morgan fingerprint density at radius 2 is 2.16 bits per heavy atom. The van der Waals surface area contributed by atoms with Crippen LogP contribution in [0.5, 0.6) is 5.75 Å². The summed E-state index contributed by atoms with van der Waals surface area (Å²) in [5.41, 5.74) is 1.16. The molecule has 1 unspecified atom stereocenters. The molecule has 2 N–H and O–H groups in total. The number of amides is 1. The van der Waals surface area contributed by atoms with Crippen LogP contribution in [0.4, 0.5) is 5.13 Å². The number of hydrogen-bond acceptors (Lipinski definition) is 7. The van der Waals surface area contributed by atoms with E-state index in [1.54, 1.807) is 13.2 Å². The molecule has 1 atom stereocenters. The van der Waals surface area contributed by atoms with Crippen LogP contribution in [0.25, 0.3) is 0 Å². The van der Waals surface area contributed by atoms with Crippen LogP contribution in [0.3, 0.4) is 0 Å². The summed E-state index contributed by atoms with van der Waals surface area (Å²) in [6, 6.07) is 7.84. The second kappa shape index (κ2) is 10.0. The normalized spacial score (nSPS) is 11.6. The second-order valence-electron chi connectivity index (χ2n) is 5.19. The highest BCUT2D eigenvalue weighted by Crippen LogP contribution is 2.28. The van der Waals surface area contributed by atoms with Gasteiger partial charge in [0.15, 0.2) is 4.34 Å². The van der Waals surface area contributed by atoms with Crippen LogP contribution in [0, 0.1) is 0 Å². The minimum atomic E-state index is -0.226. The minimum absolute atomic E-state index is 0.00527. The van der Waals surface area contributed by atoms with Gasteiger partial charge in [-0.05, 0) is 31.0 Å². The van der Waals surface area contributed by atoms with E-state index < -0.39 is 0 Å². The van der Waals surface area contributed by atoms with Crippen molar-refractivity contribution in [3.63, 3.8) is 0 Å². The number of rotatable bonds is 10. The highest BCUT2D eigenvalue weighted by molar-refractivity contribution is 8.02. The SMILES string of the molecule is C=CCNc1nnc(SC(C)C(=O)NCCc2ccc(OC)cc2)s1. The zero-order chi connectivity index (χ0) is 18.1. The van der Waals surface area contributed by atoms with Crippen LogP contribution < -0.4 is 15.4 Å². The van der Waals surface area contributed by atoms with E-state index in [0.717, 1.165) is 27.2 Å². The molecule has 0 aliphatic rings. The van der Waals surface area contributed by atoms with Gasteiger partial charge in [0.1, 0.15) is 5.75 Å². The van der Waals surface area contributed by atoms with Crippen molar-refractivity contribution in [1.82, 2.24) is 15.5 Å². The third-order valence-electron chi connectivity index (χ3n) is 3.32. The number of methoxy groups -OCH3 is 1. The van der Waals surface area contributed by atoms with Crippen LogP contribution in [-0.4, -0.2) is 41.6 Å². The number of ether oxygens (including phenoxy) is 1. The smallest absolute Gasteiger partial charge is 0.233 e. The van der Waals surface area contributed by atoms with Crippen LogP contribution in [-0.2, 0) is 11.2 Å². The predicted molar refractivity (Wildman–Crippen MR) is 104 cm³/mol.